The highest BCUT2D eigenvalue weighted by atomic mass is 16.3. The number of para-hydroxylation sites is 3. The van der Waals surface area contributed by atoms with Crippen LogP contribution >= 0.6 is 0 Å². The van der Waals surface area contributed by atoms with E-state index in [2.05, 4.69) is 9.97 Å². The Morgan fingerprint density at radius 2 is 1.54 bits per heavy atom. The van der Waals surface area contributed by atoms with Gasteiger partial charge in [0, 0.05) is 10.8 Å². The van der Waals surface area contributed by atoms with E-state index in [0.29, 0.717) is 16.7 Å². The van der Waals surface area contributed by atoms with Crippen molar-refractivity contribution in [2.24, 2.45) is 0 Å². The lowest BCUT2D eigenvalue weighted by Gasteiger charge is -2.03. The van der Waals surface area contributed by atoms with Crippen LogP contribution in [0.15, 0.2) is 75.9 Å². The van der Waals surface area contributed by atoms with Crippen LogP contribution in [0.25, 0.3) is 44.2 Å². The fourth-order valence-electron chi connectivity index (χ4n) is 3.15. The SMILES string of the molecule is O=c1[nH]c(-c2cccc3c2oc2ccccc23)nc2ccccc12. The Kier molecular flexibility index (Phi) is 2.61. The summed E-state index contributed by atoms with van der Waals surface area (Å²) in [6.07, 6.45) is 0. The summed E-state index contributed by atoms with van der Waals surface area (Å²) < 4.78 is 6.03. The van der Waals surface area contributed by atoms with Crippen molar-refractivity contribution in [3.63, 3.8) is 0 Å². The fraction of sp³-hybridized carbons (Fsp3) is 0. The number of hydrogen-bond acceptors (Lipinski definition) is 3. The van der Waals surface area contributed by atoms with E-state index in [1.54, 1.807) is 6.07 Å². The third kappa shape index (κ3) is 1.80. The van der Waals surface area contributed by atoms with Crippen LogP contribution < -0.4 is 5.56 Å². The lowest BCUT2D eigenvalue weighted by Crippen LogP contribution is -2.09. The molecule has 114 valence electrons. The topological polar surface area (TPSA) is 58.9 Å². The van der Waals surface area contributed by atoms with Gasteiger partial charge < -0.3 is 9.40 Å². The number of aromatic nitrogens is 2. The Labute approximate surface area is 136 Å². The first kappa shape index (κ1) is 13.1. The van der Waals surface area contributed by atoms with Gasteiger partial charge in [-0.3, -0.25) is 4.79 Å². The molecular formula is C20H12N2O2. The minimum Gasteiger partial charge on any atom is -0.455 e. The predicted molar refractivity (Wildman–Crippen MR) is 95.1 cm³/mol. The summed E-state index contributed by atoms with van der Waals surface area (Å²) in [7, 11) is 0. The predicted octanol–water partition coefficient (Wildman–Crippen LogP) is 4.49. The second-order valence-corrected chi connectivity index (χ2v) is 5.71. The van der Waals surface area contributed by atoms with Gasteiger partial charge in [-0.05, 0) is 24.3 Å². The van der Waals surface area contributed by atoms with E-state index in [1.807, 2.05) is 60.7 Å². The fourth-order valence-corrected chi connectivity index (χ4v) is 3.15. The van der Waals surface area contributed by atoms with Gasteiger partial charge in [0.2, 0.25) is 0 Å². The second kappa shape index (κ2) is 4.80. The molecule has 5 aromatic rings. The van der Waals surface area contributed by atoms with Crippen LogP contribution in [0.2, 0.25) is 0 Å². The van der Waals surface area contributed by atoms with Gasteiger partial charge in [-0.2, -0.15) is 0 Å². The molecule has 1 N–H and O–H groups in total. The molecular weight excluding hydrogens is 300 g/mol. The van der Waals surface area contributed by atoms with Gasteiger partial charge in [0.05, 0.1) is 16.5 Å². The zero-order valence-corrected chi connectivity index (χ0v) is 12.6. The number of hydrogen-bond donors (Lipinski definition) is 1. The van der Waals surface area contributed by atoms with Crippen molar-refractivity contribution in [1.29, 1.82) is 0 Å². The Balaban J connectivity index is 1.88. The van der Waals surface area contributed by atoms with E-state index in [-0.39, 0.29) is 5.56 Å². The standard InChI is InChI=1S/C20H12N2O2/c23-20-14-7-1-3-10-16(14)21-19(22-20)15-9-5-8-13-12-6-2-4-11-17(12)24-18(13)15/h1-11H,(H,21,22,23). The van der Waals surface area contributed by atoms with Crippen molar-refractivity contribution in [3.8, 4) is 11.4 Å². The van der Waals surface area contributed by atoms with Gasteiger partial charge in [0.15, 0.2) is 0 Å². The van der Waals surface area contributed by atoms with E-state index >= 15 is 0 Å². The van der Waals surface area contributed by atoms with Crippen molar-refractivity contribution in [1.82, 2.24) is 9.97 Å². The normalized spacial score (nSPS) is 11.5. The first-order valence-corrected chi connectivity index (χ1v) is 7.71. The van der Waals surface area contributed by atoms with Gasteiger partial charge in [-0.25, -0.2) is 4.98 Å². The summed E-state index contributed by atoms with van der Waals surface area (Å²) in [4.78, 5) is 19.8. The molecule has 0 bridgehead atoms. The number of benzene rings is 3. The molecule has 5 rings (SSSR count). The van der Waals surface area contributed by atoms with Gasteiger partial charge in [-0.1, -0.05) is 42.5 Å². The molecule has 0 aliphatic heterocycles. The monoisotopic (exact) mass is 312 g/mol. The van der Waals surface area contributed by atoms with E-state index in [9.17, 15) is 4.79 Å². The molecule has 4 heteroatoms. The first-order valence-electron chi connectivity index (χ1n) is 7.71. The number of furan rings is 1. The maximum absolute atomic E-state index is 12.4. The third-order valence-corrected chi connectivity index (χ3v) is 4.27. The number of nitrogens with one attached hydrogen (secondary N) is 1. The van der Waals surface area contributed by atoms with E-state index in [4.69, 9.17) is 4.42 Å². The summed E-state index contributed by atoms with van der Waals surface area (Å²) >= 11 is 0. The van der Waals surface area contributed by atoms with E-state index in [0.717, 1.165) is 27.5 Å². The summed E-state index contributed by atoms with van der Waals surface area (Å²) in [6, 6.07) is 21.1. The average molecular weight is 312 g/mol. The zero-order chi connectivity index (χ0) is 16.1. The number of H-pyrrole nitrogens is 1. The molecule has 0 atom stereocenters. The molecule has 4 nitrogen and oxygen atoms in total. The highest BCUT2D eigenvalue weighted by Gasteiger charge is 2.14. The largest absolute Gasteiger partial charge is 0.455 e. The zero-order valence-electron chi connectivity index (χ0n) is 12.6. The minimum absolute atomic E-state index is 0.149. The quantitative estimate of drug-likeness (QED) is 0.496. The van der Waals surface area contributed by atoms with E-state index in [1.165, 1.54) is 0 Å². The second-order valence-electron chi connectivity index (χ2n) is 5.71. The number of aromatic amines is 1. The lowest BCUT2D eigenvalue weighted by atomic mass is 10.1. The molecule has 0 saturated carbocycles. The minimum atomic E-state index is -0.149. The van der Waals surface area contributed by atoms with Crippen LogP contribution in [0.5, 0.6) is 0 Å². The molecule has 0 unspecified atom stereocenters. The molecule has 24 heavy (non-hydrogen) atoms. The lowest BCUT2D eigenvalue weighted by molar-refractivity contribution is 0.669. The summed E-state index contributed by atoms with van der Waals surface area (Å²) in [5.41, 5.74) is 2.86. The van der Waals surface area contributed by atoms with Crippen LogP contribution in [0.3, 0.4) is 0 Å². The van der Waals surface area contributed by atoms with Gasteiger partial charge >= 0.3 is 0 Å². The highest BCUT2D eigenvalue weighted by molar-refractivity contribution is 6.09. The Morgan fingerprint density at radius 3 is 2.46 bits per heavy atom. The van der Waals surface area contributed by atoms with Crippen LogP contribution in [-0.2, 0) is 0 Å². The van der Waals surface area contributed by atoms with Gasteiger partial charge in [0.1, 0.15) is 17.0 Å². The molecule has 0 aliphatic rings. The number of rotatable bonds is 1. The molecule has 0 amide bonds. The van der Waals surface area contributed by atoms with Crippen LogP contribution in [0.1, 0.15) is 0 Å². The Hall–Kier alpha value is -3.40. The highest BCUT2D eigenvalue weighted by Crippen LogP contribution is 2.34. The van der Waals surface area contributed by atoms with Gasteiger partial charge in [-0.15, -0.1) is 0 Å². The Bertz CT molecular complexity index is 1280. The maximum Gasteiger partial charge on any atom is 0.259 e. The molecule has 0 fully saturated rings. The Morgan fingerprint density at radius 1 is 0.792 bits per heavy atom. The van der Waals surface area contributed by atoms with Crippen molar-refractivity contribution in [2.45, 2.75) is 0 Å². The van der Waals surface area contributed by atoms with Crippen molar-refractivity contribution >= 4 is 32.8 Å². The molecule has 0 saturated heterocycles. The van der Waals surface area contributed by atoms with E-state index < -0.39 is 0 Å². The first-order chi connectivity index (χ1) is 11.8. The number of nitrogens with zero attached hydrogens (tertiary/aromatic N) is 1. The molecule has 0 spiro atoms. The summed E-state index contributed by atoms with van der Waals surface area (Å²) in [5, 5.41) is 2.65. The molecule has 0 aliphatic carbocycles. The summed E-state index contributed by atoms with van der Waals surface area (Å²) in [5.74, 6) is 0.517. The van der Waals surface area contributed by atoms with Crippen LogP contribution in [0.4, 0.5) is 0 Å². The van der Waals surface area contributed by atoms with Crippen molar-refractivity contribution < 1.29 is 4.42 Å². The summed E-state index contributed by atoms with van der Waals surface area (Å²) in [6.45, 7) is 0. The molecule has 2 heterocycles. The van der Waals surface area contributed by atoms with Crippen LogP contribution in [0, 0.1) is 0 Å². The smallest absolute Gasteiger partial charge is 0.259 e. The van der Waals surface area contributed by atoms with Crippen molar-refractivity contribution in [3.05, 3.63) is 77.1 Å². The molecule has 2 aromatic heterocycles. The average Bonchev–Trinajstić information content (AvgIpc) is 3.00. The molecule has 3 aromatic carbocycles. The maximum atomic E-state index is 12.4. The molecule has 0 radical (unpaired) electrons. The number of fused-ring (bicyclic) bond motifs is 4. The van der Waals surface area contributed by atoms with Gasteiger partial charge in [0.25, 0.3) is 5.56 Å². The third-order valence-electron chi connectivity index (χ3n) is 4.27. The van der Waals surface area contributed by atoms with Crippen molar-refractivity contribution in [2.75, 3.05) is 0 Å². The van der Waals surface area contributed by atoms with Crippen LogP contribution in [-0.4, -0.2) is 9.97 Å².